The quantitative estimate of drug-likeness (QED) is 0.173. The van der Waals surface area contributed by atoms with E-state index in [9.17, 15) is 19.2 Å². The van der Waals surface area contributed by atoms with Crippen LogP contribution in [-0.2, 0) is 11.3 Å². The van der Waals surface area contributed by atoms with Crippen molar-refractivity contribution in [2.75, 3.05) is 29.0 Å². The second-order valence-corrected chi connectivity index (χ2v) is 12.9. The normalized spacial score (nSPS) is 15.1. The number of nitrogens with two attached hydrogens (primary N) is 1. The molecule has 5 rings (SSSR count). The number of nitriles is 1. The average Bonchev–Trinajstić information content (AvgIpc) is 3.07. The second kappa shape index (κ2) is 15.0. The first-order valence-corrected chi connectivity index (χ1v) is 16.0. The van der Waals surface area contributed by atoms with Gasteiger partial charge in [0.15, 0.2) is 11.6 Å². The number of rotatable bonds is 9. The van der Waals surface area contributed by atoms with Gasteiger partial charge in [0.25, 0.3) is 5.91 Å². The van der Waals surface area contributed by atoms with Crippen molar-refractivity contribution in [3.05, 3.63) is 95.1 Å². The molecule has 0 radical (unpaired) electrons. The number of aromatic nitrogens is 3. The zero-order valence-electron chi connectivity index (χ0n) is 28.0. The third-order valence-corrected chi connectivity index (χ3v) is 7.91. The fourth-order valence-electron chi connectivity index (χ4n) is 5.45. The van der Waals surface area contributed by atoms with E-state index in [4.69, 9.17) is 15.5 Å². The van der Waals surface area contributed by atoms with E-state index in [2.05, 4.69) is 25.9 Å². The van der Waals surface area contributed by atoms with Crippen molar-refractivity contribution in [2.45, 2.75) is 64.8 Å². The first-order chi connectivity index (χ1) is 23.4. The highest BCUT2D eigenvalue weighted by atomic mass is 19.1. The van der Waals surface area contributed by atoms with Gasteiger partial charge in [0.1, 0.15) is 23.3 Å². The number of alkyl carbamates (subject to hydrolysis) is 1. The van der Waals surface area contributed by atoms with Crippen molar-refractivity contribution >= 4 is 29.5 Å². The zero-order valence-corrected chi connectivity index (χ0v) is 28.0. The van der Waals surface area contributed by atoms with Crippen molar-refractivity contribution in [1.29, 1.82) is 5.26 Å². The fourth-order valence-corrected chi connectivity index (χ4v) is 5.45. The molecule has 3 heterocycles. The van der Waals surface area contributed by atoms with Gasteiger partial charge in [0, 0.05) is 37.4 Å². The van der Waals surface area contributed by atoms with Crippen molar-refractivity contribution < 1.29 is 18.7 Å². The van der Waals surface area contributed by atoms with E-state index in [0.29, 0.717) is 36.2 Å². The van der Waals surface area contributed by atoms with Gasteiger partial charge in [0.2, 0.25) is 0 Å². The van der Waals surface area contributed by atoms with Crippen LogP contribution in [0.1, 0.15) is 73.6 Å². The Morgan fingerprint density at radius 2 is 1.86 bits per heavy atom. The second-order valence-electron chi connectivity index (χ2n) is 12.9. The largest absolute Gasteiger partial charge is 0.444 e. The van der Waals surface area contributed by atoms with E-state index in [0.717, 1.165) is 36.1 Å². The molecule has 0 spiro atoms. The molecular formula is C36H40FN9O3. The number of pyridine rings is 1. The van der Waals surface area contributed by atoms with Crippen LogP contribution in [0.2, 0.25) is 0 Å². The molecule has 2 aromatic carbocycles. The fraction of sp³-hybridized carbons (Fsp3) is 0.333. The molecule has 1 fully saturated rings. The number of amides is 2. The minimum Gasteiger partial charge on any atom is -0.444 e. The summed E-state index contributed by atoms with van der Waals surface area (Å²) in [7, 11) is 0. The predicted octanol–water partition coefficient (Wildman–Crippen LogP) is 5.73. The number of nitrogen functional groups attached to an aromatic ring is 1. The van der Waals surface area contributed by atoms with Crippen LogP contribution >= 0.6 is 0 Å². The highest BCUT2D eigenvalue weighted by Crippen LogP contribution is 2.27. The van der Waals surface area contributed by atoms with Crippen LogP contribution in [0.15, 0.2) is 67.0 Å². The summed E-state index contributed by atoms with van der Waals surface area (Å²) in [5.74, 6) is 0.412. The molecule has 0 bridgehead atoms. The highest BCUT2D eigenvalue weighted by Gasteiger charge is 2.26. The molecule has 0 aliphatic carbocycles. The molecule has 1 saturated heterocycles. The number of piperidine rings is 1. The minimum atomic E-state index is -0.583. The zero-order chi connectivity index (χ0) is 35.1. The van der Waals surface area contributed by atoms with Crippen molar-refractivity contribution in [2.24, 2.45) is 0 Å². The first-order valence-electron chi connectivity index (χ1n) is 16.0. The van der Waals surface area contributed by atoms with E-state index < -0.39 is 23.6 Å². The Morgan fingerprint density at radius 1 is 1.12 bits per heavy atom. The van der Waals surface area contributed by atoms with Gasteiger partial charge in [0.05, 0.1) is 29.1 Å². The lowest BCUT2D eigenvalue weighted by molar-refractivity contribution is 0.0499. The summed E-state index contributed by atoms with van der Waals surface area (Å²) in [5.41, 5.74) is 9.28. The molecule has 2 amide bonds. The Balaban J connectivity index is 1.25. The number of ether oxygens (including phenoxy) is 1. The van der Waals surface area contributed by atoms with Gasteiger partial charge in [-0.2, -0.15) is 5.26 Å². The van der Waals surface area contributed by atoms with Gasteiger partial charge in [-0.05, 0) is 69.9 Å². The molecule has 2 aromatic heterocycles. The van der Waals surface area contributed by atoms with Crippen molar-refractivity contribution in [3.63, 3.8) is 0 Å². The van der Waals surface area contributed by atoms with Crippen LogP contribution in [0.5, 0.6) is 0 Å². The maximum atomic E-state index is 13.4. The molecular weight excluding hydrogens is 625 g/mol. The summed E-state index contributed by atoms with van der Waals surface area (Å²) < 4.78 is 18.8. The third-order valence-electron chi connectivity index (χ3n) is 7.91. The Kier molecular flexibility index (Phi) is 10.6. The molecule has 1 unspecified atom stereocenters. The van der Waals surface area contributed by atoms with Gasteiger partial charge >= 0.3 is 6.09 Å². The number of halogens is 1. The third kappa shape index (κ3) is 9.19. The Hall–Kier alpha value is -5.77. The summed E-state index contributed by atoms with van der Waals surface area (Å²) in [5, 5.41) is 18.5. The molecule has 254 valence electrons. The number of carbonyl (C=O) groups is 2. The van der Waals surface area contributed by atoms with Gasteiger partial charge in [-0.15, -0.1) is 0 Å². The maximum absolute atomic E-state index is 13.4. The van der Waals surface area contributed by atoms with E-state index >= 15 is 0 Å². The SMILES string of the molecule is CC(NC(=O)c1cc(C#N)cnc1NCc1ccc(-c2cnc(N)c(N3CCC[C@@H](NC(=O)OC(C)(C)C)C3)n2)cc1)c1ccc(F)cc1. The summed E-state index contributed by atoms with van der Waals surface area (Å²) in [6.07, 6.45) is 4.25. The van der Waals surface area contributed by atoms with Gasteiger partial charge < -0.3 is 31.3 Å². The summed E-state index contributed by atoms with van der Waals surface area (Å²) in [4.78, 5) is 41.2. The van der Waals surface area contributed by atoms with Gasteiger partial charge in [-0.1, -0.05) is 36.4 Å². The number of nitrogens with one attached hydrogen (secondary N) is 3. The number of carbonyl (C=O) groups excluding carboxylic acids is 2. The summed E-state index contributed by atoms with van der Waals surface area (Å²) in [6, 6.07) is 16.6. The Morgan fingerprint density at radius 3 is 2.55 bits per heavy atom. The van der Waals surface area contributed by atoms with Crippen molar-refractivity contribution in [3.8, 4) is 17.3 Å². The predicted molar refractivity (Wildman–Crippen MR) is 185 cm³/mol. The van der Waals surface area contributed by atoms with E-state index in [1.807, 2.05) is 56.0 Å². The standard InChI is InChI=1S/C36H40FN9O3/c1-22(25-11-13-27(37)14-12-25)43-34(47)29-16-24(17-38)19-42-32(29)41-18-23-7-9-26(10-8-23)30-20-40-31(39)33(45-30)46-15-5-6-28(21-46)44-35(48)49-36(2,3)4/h7-14,16,19-20,22,28H,5-6,15,18,21H2,1-4H3,(H2,39,40)(H,41,42)(H,43,47)(H,44,48)/t22?,28-/m1/s1. The first kappa shape index (κ1) is 34.6. The molecule has 49 heavy (non-hydrogen) atoms. The molecule has 0 saturated carbocycles. The number of benzene rings is 2. The van der Waals surface area contributed by atoms with Crippen LogP contribution in [0, 0.1) is 17.1 Å². The number of anilines is 3. The topological polar surface area (TPSA) is 171 Å². The smallest absolute Gasteiger partial charge is 0.407 e. The minimum absolute atomic E-state index is 0.115. The lowest BCUT2D eigenvalue weighted by Gasteiger charge is -2.34. The average molecular weight is 666 g/mol. The molecule has 2 atom stereocenters. The van der Waals surface area contributed by atoms with Crippen molar-refractivity contribution in [1.82, 2.24) is 25.6 Å². The summed E-state index contributed by atoms with van der Waals surface area (Å²) in [6.45, 7) is 8.89. The van der Waals surface area contributed by atoms with Crippen LogP contribution in [0.3, 0.4) is 0 Å². The van der Waals surface area contributed by atoms with Crippen LogP contribution in [0.4, 0.5) is 26.6 Å². The van der Waals surface area contributed by atoms with Crippen LogP contribution in [-0.4, -0.2) is 51.7 Å². The van der Waals surface area contributed by atoms with Crippen LogP contribution < -0.4 is 26.6 Å². The van der Waals surface area contributed by atoms with E-state index in [-0.39, 0.29) is 23.0 Å². The van der Waals surface area contributed by atoms with Crippen LogP contribution in [0.25, 0.3) is 11.3 Å². The molecule has 1 aliphatic rings. The van der Waals surface area contributed by atoms with E-state index in [1.54, 1.807) is 25.3 Å². The molecule has 4 aromatic rings. The number of hydrogen-bond donors (Lipinski definition) is 4. The number of hydrogen-bond acceptors (Lipinski definition) is 10. The lowest BCUT2D eigenvalue weighted by Crippen LogP contribution is -2.49. The number of nitrogens with zero attached hydrogens (tertiary/aromatic N) is 5. The van der Waals surface area contributed by atoms with E-state index in [1.165, 1.54) is 24.4 Å². The molecule has 5 N–H and O–H groups in total. The highest BCUT2D eigenvalue weighted by molar-refractivity contribution is 5.99. The Labute approximate surface area is 284 Å². The van der Waals surface area contributed by atoms with Gasteiger partial charge in [-0.3, -0.25) is 4.79 Å². The molecule has 1 aliphatic heterocycles. The lowest BCUT2D eigenvalue weighted by atomic mass is 10.1. The Bertz CT molecular complexity index is 1840. The monoisotopic (exact) mass is 665 g/mol. The maximum Gasteiger partial charge on any atom is 0.407 e. The summed E-state index contributed by atoms with van der Waals surface area (Å²) >= 11 is 0. The molecule has 13 heteroatoms. The molecule has 12 nitrogen and oxygen atoms in total. The van der Waals surface area contributed by atoms with Gasteiger partial charge in [-0.25, -0.2) is 24.1 Å².